The molecule has 1 fully saturated rings. The number of carboxylic acid groups (broad SMARTS) is 2. The highest BCUT2D eigenvalue weighted by molar-refractivity contribution is 6.00. The van der Waals surface area contributed by atoms with Crippen LogP contribution in [0, 0.1) is 11.8 Å². The molecule has 510 valence electrons. The van der Waals surface area contributed by atoms with Crippen LogP contribution in [0.1, 0.15) is 94.9 Å². The fourth-order valence-electron chi connectivity index (χ4n) is 11.0. The van der Waals surface area contributed by atoms with Gasteiger partial charge in [0.25, 0.3) is 0 Å². The van der Waals surface area contributed by atoms with Gasteiger partial charge in [-0.2, -0.15) is 0 Å². The molecule has 1 saturated heterocycles. The van der Waals surface area contributed by atoms with E-state index in [0.717, 1.165) is 10.9 Å². The lowest BCUT2D eigenvalue weighted by atomic mass is 9.99. The fourth-order valence-corrected chi connectivity index (χ4v) is 11.0. The van der Waals surface area contributed by atoms with Crippen molar-refractivity contribution in [3.8, 4) is 5.75 Å². The van der Waals surface area contributed by atoms with Crippen LogP contribution in [0.15, 0.2) is 115 Å². The molecule has 1 aliphatic rings. The average Bonchev–Trinajstić information content (AvgIpc) is 1.72. The maximum absolute atomic E-state index is 15.3. The number of carbonyl (C=O) groups excluding carboxylic acids is 10. The number of benzene rings is 4. The largest absolute Gasteiger partial charge is 0.508 e. The van der Waals surface area contributed by atoms with Crippen molar-refractivity contribution < 1.29 is 72.9 Å². The van der Waals surface area contributed by atoms with E-state index in [0.29, 0.717) is 35.1 Å². The first kappa shape index (κ1) is 73.8. The highest BCUT2D eigenvalue weighted by Gasteiger charge is 2.41. The minimum atomic E-state index is -1.98. The standard InChI is InChI=1S/C67H87N13O15/c1-37(2)29-47(73-58(85)46(21-13-27-68)72-65(92)57(70)38(3)4)59(86)78-52(33-42-36-71-45-20-12-11-19-44(42)45)66(93)80-28-14-22-54(80)64(91)77-49(31-40-17-9-6-10-18-40)61(88)74-48(30-39-15-7-5-8-16-39)60(87)75-50(34-55(69)82)62(89)76-51(35-56(83)84)63(90)79-53(67(94)95)32-41-23-25-43(81)26-24-41/h5-12,15-20,23-26,36-38,46-54,57,71,81H,13-14,21-22,27-35,68,70H2,1-4H3,(H2,69,82)(H,72,92)(H,73,85)(H,74,88)(H,75,87)(H,76,89)(H,77,91)(H,78,86)(H,79,90)(H,83,84)(H,94,95)/t46-,47-,48-,49-,50-,51-,52-,53-,54-,57-/m0/s1. The molecule has 5 aromatic rings. The third-order valence-corrected chi connectivity index (χ3v) is 16.1. The Balaban J connectivity index is 1.26. The van der Waals surface area contributed by atoms with Gasteiger partial charge in [0.1, 0.15) is 60.1 Å². The number of para-hydroxylation sites is 1. The Morgan fingerprint density at radius 1 is 0.547 bits per heavy atom. The fraction of sp³-hybridized carbons (Fsp3) is 0.433. The van der Waals surface area contributed by atoms with Gasteiger partial charge in [-0.05, 0) is 90.9 Å². The van der Waals surface area contributed by atoms with Crippen molar-refractivity contribution in [1.29, 1.82) is 0 Å². The number of aliphatic carboxylic acids is 2. The first-order valence-electron chi connectivity index (χ1n) is 31.5. The summed E-state index contributed by atoms with van der Waals surface area (Å²) < 4.78 is 0. The van der Waals surface area contributed by atoms with Crippen molar-refractivity contribution in [1.82, 2.24) is 52.4 Å². The summed E-state index contributed by atoms with van der Waals surface area (Å²) in [7, 11) is 0. The lowest BCUT2D eigenvalue weighted by Gasteiger charge is -2.31. The molecule has 0 spiro atoms. The summed E-state index contributed by atoms with van der Waals surface area (Å²) in [6.45, 7) is 7.46. The first-order chi connectivity index (χ1) is 45.2. The minimum Gasteiger partial charge on any atom is -0.508 e. The van der Waals surface area contributed by atoms with Gasteiger partial charge in [0, 0.05) is 49.3 Å². The molecule has 18 N–H and O–H groups in total. The highest BCUT2D eigenvalue weighted by Crippen LogP contribution is 2.24. The zero-order valence-electron chi connectivity index (χ0n) is 53.5. The monoisotopic (exact) mass is 1310 g/mol. The number of nitrogens with two attached hydrogens (primary N) is 3. The van der Waals surface area contributed by atoms with E-state index in [4.69, 9.17) is 17.2 Å². The normalized spacial score (nSPS) is 15.7. The van der Waals surface area contributed by atoms with Crippen LogP contribution in [0.25, 0.3) is 10.9 Å². The molecular weight excluding hydrogens is 1230 g/mol. The number of nitrogens with one attached hydrogen (secondary N) is 9. The molecule has 0 aliphatic carbocycles. The number of hydrogen-bond acceptors (Lipinski definition) is 15. The van der Waals surface area contributed by atoms with Crippen LogP contribution in [0.2, 0.25) is 0 Å². The molecule has 0 unspecified atom stereocenters. The molecule has 28 nitrogen and oxygen atoms in total. The second-order valence-corrected chi connectivity index (χ2v) is 24.4. The maximum atomic E-state index is 15.3. The molecule has 1 aromatic heterocycles. The zero-order chi connectivity index (χ0) is 69.5. The van der Waals surface area contributed by atoms with Crippen LogP contribution < -0.4 is 59.7 Å². The Kier molecular flexibility index (Phi) is 27.8. The van der Waals surface area contributed by atoms with E-state index >= 15 is 4.79 Å². The summed E-state index contributed by atoms with van der Waals surface area (Å²) in [6, 6.07) is 15.1. The van der Waals surface area contributed by atoms with Crippen molar-refractivity contribution in [3.05, 3.63) is 138 Å². The molecule has 10 atom stereocenters. The smallest absolute Gasteiger partial charge is 0.326 e. The van der Waals surface area contributed by atoms with E-state index in [-0.39, 0.29) is 75.6 Å². The number of phenolic OH excluding ortho intramolecular Hbond substituents is 1. The molecule has 0 radical (unpaired) electrons. The number of carboxylic acids is 2. The summed E-state index contributed by atoms with van der Waals surface area (Å²) in [4.78, 5) is 171. The summed E-state index contributed by atoms with van der Waals surface area (Å²) in [5.41, 5.74) is 20.3. The number of hydrogen-bond donors (Lipinski definition) is 15. The number of rotatable bonds is 36. The Bertz CT molecular complexity index is 3500. The van der Waals surface area contributed by atoms with Crippen molar-refractivity contribution in [2.75, 3.05) is 13.1 Å². The predicted molar refractivity (Wildman–Crippen MR) is 349 cm³/mol. The average molecular weight is 1310 g/mol. The number of H-pyrrole nitrogens is 1. The molecule has 10 amide bonds. The molecule has 4 aromatic carbocycles. The van der Waals surface area contributed by atoms with Crippen molar-refractivity contribution >= 4 is 81.9 Å². The van der Waals surface area contributed by atoms with E-state index in [1.165, 1.54) is 29.2 Å². The Morgan fingerprint density at radius 3 is 1.58 bits per heavy atom. The molecular formula is C67H87N13O15. The number of nitrogens with zero attached hydrogens (tertiary/aromatic N) is 1. The van der Waals surface area contributed by atoms with Crippen LogP contribution in [-0.4, -0.2) is 170 Å². The molecule has 28 heteroatoms. The van der Waals surface area contributed by atoms with Gasteiger partial charge < -0.3 is 84.9 Å². The number of aromatic amines is 1. The summed E-state index contributed by atoms with van der Waals surface area (Å²) in [5.74, 6) is -12.7. The number of aromatic hydroxyl groups is 1. The number of fused-ring (bicyclic) bond motifs is 1. The quantitative estimate of drug-likeness (QED) is 0.0255. The Labute approximate surface area is 549 Å². The van der Waals surface area contributed by atoms with Gasteiger partial charge in [0.2, 0.25) is 59.1 Å². The van der Waals surface area contributed by atoms with Gasteiger partial charge in [0.05, 0.1) is 18.9 Å². The Morgan fingerprint density at radius 2 is 1.02 bits per heavy atom. The molecule has 95 heavy (non-hydrogen) atoms. The lowest BCUT2D eigenvalue weighted by Crippen LogP contribution is -2.61. The first-order valence-corrected chi connectivity index (χ1v) is 31.5. The van der Waals surface area contributed by atoms with E-state index < -0.39 is 144 Å². The molecule has 0 saturated carbocycles. The van der Waals surface area contributed by atoms with Gasteiger partial charge in [-0.25, -0.2) is 4.79 Å². The van der Waals surface area contributed by atoms with Crippen LogP contribution in [-0.2, 0) is 83.2 Å². The van der Waals surface area contributed by atoms with Crippen molar-refractivity contribution in [3.63, 3.8) is 0 Å². The van der Waals surface area contributed by atoms with Gasteiger partial charge in [-0.15, -0.1) is 0 Å². The number of phenols is 1. The zero-order valence-corrected chi connectivity index (χ0v) is 53.5. The van der Waals surface area contributed by atoms with E-state index in [2.05, 4.69) is 47.5 Å². The van der Waals surface area contributed by atoms with E-state index in [1.54, 1.807) is 80.7 Å². The van der Waals surface area contributed by atoms with Crippen LogP contribution >= 0.6 is 0 Å². The third kappa shape index (κ3) is 22.5. The summed E-state index contributed by atoms with van der Waals surface area (Å²) in [5, 5.41) is 50.9. The SMILES string of the molecule is CC(C)C[C@H](NC(=O)[C@H](CCCN)NC(=O)[C@@H](N)C(C)C)C(=O)N[C@@H](Cc1c[nH]c2ccccc12)C(=O)N1CCC[C@H]1C(=O)N[C@@H](Cc1ccccc1)C(=O)N[C@@H](Cc1ccccc1)C(=O)N[C@@H](CC(N)=O)C(=O)N[C@@H](CC(=O)O)C(=O)N[C@@H](Cc1ccc(O)cc1)C(=O)O. The second kappa shape index (κ2) is 35.7. The number of aromatic nitrogens is 1. The number of amides is 10. The second-order valence-electron chi connectivity index (χ2n) is 24.4. The molecule has 0 bridgehead atoms. The summed E-state index contributed by atoms with van der Waals surface area (Å²) in [6.07, 6.45) is -0.0840. The van der Waals surface area contributed by atoms with Crippen LogP contribution in [0.3, 0.4) is 0 Å². The van der Waals surface area contributed by atoms with Gasteiger partial charge in [0.15, 0.2) is 0 Å². The molecule has 2 heterocycles. The van der Waals surface area contributed by atoms with E-state index in [9.17, 15) is 68.1 Å². The topological polar surface area (TPSA) is 459 Å². The minimum absolute atomic E-state index is 0.0465. The van der Waals surface area contributed by atoms with Gasteiger partial charge in [-0.1, -0.05) is 119 Å². The van der Waals surface area contributed by atoms with Crippen LogP contribution in [0.4, 0.5) is 0 Å². The molecule has 1 aliphatic heterocycles. The predicted octanol–water partition coefficient (Wildman–Crippen LogP) is 0.216. The van der Waals surface area contributed by atoms with Crippen molar-refractivity contribution in [2.45, 2.75) is 159 Å². The number of likely N-dealkylation sites (tertiary alicyclic amines) is 1. The van der Waals surface area contributed by atoms with Gasteiger partial charge >= 0.3 is 11.9 Å². The maximum Gasteiger partial charge on any atom is 0.326 e. The number of primary amides is 1. The van der Waals surface area contributed by atoms with Crippen LogP contribution in [0.5, 0.6) is 5.75 Å². The van der Waals surface area contributed by atoms with E-state index in [1.807, 2.05) is 38.1 Å². The Hall–Kier alpha value is -10.2. The van der Waals surface area contributed by atoms with Gasteiger partial charge in [-0.3, -0.25) is 52.7 Å². The summed E-state index contributed by atoms with van der Waals surface area (Å²) >= 11 is 0. The molecule has 6 rings (SSSR count). The number of carbonyl (C=O) groups is 12. The lowest BCUT2D eigenvalue weighted by molar-refractivity contribution is -0.144. The third-order valence-electron chi connectivity index (χ3n) is 16.1. The van der Waals surface area contributed by atoms with Crippen molar-refractivity contribution in [2.24, 2.45) is 29.0 Å². The highest BCUT2D eigenvalue weighted by atomic mass is 16.4.